The highest BCUT2D eigenvalue weighted by Gasteiger charge is 2.05. The van der Waals surface area contributed by atoms with Crippen molar-refractivity contribution in [1.82, 2.24) is 0 Å². The molecule has 4 nitrogen and oxygen atoms in total. The summed E-state index contributed by atoms with van der Waals surface area (Å²) < 4.78 is 13.5. The quantitative estimate of drug-likeness (QED) is 0.347. The van der Waals surface area contributed by atoms with Crippen LogP contribution in [0.3, 0.4) is 0 Å². The Labute approximate surface area is 116 Å². The average Bonchev–Trinajstić information content (AvgIpc) is 2.46. The smallest absolute Gasteiger partial charge is 0.170 e. The molecule has 0 aromatic heterocycles. The van der Waals surface area contributed by atoms with Crippen molar-refractivity contribution >= 4 is 11.5 Å². The van der Waals surface area contributed by atoms with E-state index in [1.165, 1.54) is 6.07 Å². The largest absolute Gasteiger partial charge is 0.409 e. The zero-order valence-corrected chi connectivity index (χ0v) is 11.1. The Morgan fingerprint density at radius 2 is 2.05 bits per heavy atom. The van der Waals surface area contributed by atoms with Crippen molar-refractivity contribution in [1.29, 1.82) is 0 Å². The van der Waals surface area contributed by atoms with Gasteiger partial charge < -0.3 is 16.3 Å². The number of nitrogens with zero attached hydrogens (tertiary/aromatic N) is 1. The van der Waals surface area contributed by atoms with E-state index in [9.17, 15) is 4.39 Å². The number of benzene rings is 2. The number of rotatable bonds is 4. The first-order valence-electron chi connectivity index (χ1n) is 6.17. The molecular weight excluding hydrogens is 257 g/mol. The molecule has 0 bridgehead atoms. The number of halogens is 1. The second-order valence-electron chi connectivity index (χ2n) is 4.46. The van der Waals surface area contributed by atoms with Crippen LogP contribution in [0.5, 0.6) is 0 Å². The summed E-state index contributed by atoms with van der Waals surface area (Å²) in [6, 6.07) is 12.0. The molecule has 0 saturated heterocycles. The number of amidine groups is 1. The molecule has 0 atom stereocenters. The van der Waals surface area contributed by atoms with Crippen molar-refractivity contribution < 1.29 is 9.60 Å². The second-order valence-corrected chi connectivity index (χ2v) is 4.46. The van der Waals surface area contributed by atoms with Gasteiger partial charge in [0.1, 0.15) is 5.82 Å². The number of nitrogens with two attached hydrogens (primary N) is 1. The molecule has 0 aliphatic heterocycles. The van der Waals surface area contributed by atoms with Crippen LogP contribution in [-0.4, -0.2) is 11.0 Å². The van der Waals surface area contributed by atoms with Gasteiger partial charge in [-0.3, -0.25) is 0 Å². The van der Waals surface area contributed by atoms with Gasteiger partial charge in [0.15, 0.2) is 5.84 Å². The van der Waals surface area contributed by atoms with E-state index in [-0.39, 0.29) is 11.7 Å². The van der Waals surface area contributed by atoms with Gasteiger partial charge in [0.05, 0.1) is 5.69 Å². The van der Waals surface area contributed by atoms with Gasteiger partial charge in [0.25, 0.3) is 0 Å². The number of hydrogen-bond donors (Lipinski definition) is 3. The molecule has 0 aliphatic carbocycles. The van der Waals surface area contributed by atoms with E-state index in [1.807, 2.05) is 19.1 Å². The maximum atomic E-state index is 13.5. The molecule has 2 aromatic carbocycles. The Kier molecular flexibility index (Phi) is 4.20. The molecule has 0 spiro atoms. The van der Waals surface area contributed by atoms with Crippen molar-refractivity contribution in [3.63, 3.8) is 0 Å². The number of oxime groups is 1. The molecule has 4 N–H and O–H groups in total. The minimum absolute atomic E-state index is 0.0710. The summed E-state index contributed by atoms with van der Waals surface area (Å²) in [4.78, 5) is 0. The lowest BCUT2D eigenvalue weighted by molar-refractivity contribution is 0.318. The average molecular weight is 273 g/mol. The standard InChI is InChI=1S/C15H16FN3O/c1-10-8-11(15(17)19-20)6-7-12(10)9-18-14-5-3-2-4-13(14)16/h2-8,18,20H,9H2,1H3,(H2,17,19). The Balaban J connectivity index is 2.13. The first-order valence-corrected chi connectivity index (χ1v) is 6.17. The van der Waals surface area contributed by atoms with E-state index >= 15 is 0 Å². The Bertz CT molecular complexity index is 641. The van der Waals surface area contributed by atoms with Crippen LogP contribution < -0.4 is 11.1 Å². The highest BCUT2D eigenvalue weighted by Crippen LogP contribution is 2.16. The van der Waals surface area contributed by atoms with Crippen LogP contribution in [0.2, 0.25) is 0 Å². The number of aryl methyl sites for hydroxylation is 1. The van der Waals surface area contributed by atoms with E-state index < -0.39 is 0 Å². The Morgan fingerprint density at radius 1 is 1.30 bits per heavy atom. The van der Waals surface area contributed by atoms with Gasteiger partial charge >= 0.3 is 0 Å². The topological polar surface area (TPSA) is 70.6 Å². The summed E-state index contributed by atoms with van der Waals surface area (Å²) in [5, 5.41) is 14.7. The van der Waals surface area contributed by atoms with Gasteiger partial charge in [0, 0.05) is 12.1 Å². The third-order valence-electron chi connectivity index (χ3n) is 3.09. The molecule has 0 aliphatic rings. The molecule has 0 unspecified atom stereocenters. The number of hydrogen-bond acceptors (Lipinski definition) is 3. The second kappa shape index (κ2) is 6.06. The Hall–Kier alpha value is -2.56. The van der Waals surface area contributed by atoms with E-state index in [2.05, 4.69) is 10.5 Å². The fraction of sp³-hybridized carbons (Fsp3) is 0.133. The predicted molar refractivity (Wildman–Crippen MR) is 77.4 cm³/mol. The van der Waals surface area contributed by atoms with Gasteiger partial charge in [-0.2, -0.15) is 0 Å². The predicted octanol–water partition coefficient (Wildman–Crippen LogP) is 2.84. The van der Waals surface area contributed by atoms with Crippen LogP contribution in [0, 0.1) is 12.7 Å². The summed E-state index contributed by atoms with van der Waals surface area (Å²) in [5.74, 6) is -0.208. The molecule has 2 rings (SSSR count). The molecule has 20 heavy (non-hydrogen) atoms. The minimum atomic E-state index is -0.279. The molecule has 5 heteroatoms. The third-order valence-corrected chi connectivity index (χ3v) is 3.09. The fourth-order valence-corrected chi connectivity index (χ4v) is 1.91. The molecule has 0 heterocycles. The normalized spacial score (nSPS) is 11.4. The lowest BCUT2D eigenvalue weighted by Gasteiger charge is -2.11. The van der Waals surface area contributed by atoms with E-state index in [0.29, 0.717) is 17.8 Å². The van der Waals surface area contributed by atoms with Crippen molar-refractivity contribution in [2.24, 2.45) is 10.9 Å². The highest BCUT2D eigenvalue weighted by molar-refractivity contribution is 5.97. The molecular formula is C15H16FN3O. The van der Waals surface area contributed by atoms with Crippen LogP contribution in [0.1, 0.15) is 16.7 Å². The van der Waals surface area contributed by atoms with Crippen LogP contribution >= 0.6 is 0 Å². The summed E-state index contributed by atoms with van der Waals surface area (Å²) >= 11 is 0. The van der Waals surface area contributed by atoms with Crippen molar-refractivity contribution in [3.8, 4) is 0 Å². The summed E-state index contributed by atoms with van der Waals surface area (Å²) in [5.41, 5.74) is 8.65. The van der Waals surface area contributed by atoms with E-state index in [1.54, 1.807) is 24.3 Å². The fourth-order valence-electron chi connectivity index (χ4n) is 1.91. The van der Waals surface area contributed by atoms with Crippen LogP contribution in [0.15, 0.2) is 47.6 Å². The van der Waals surface area contributed by atoms with Crippen molar-refractivity contribution in [3.05, 3.63) is 65.0 Å². The minimum Gasteiger partial charge on any atom is -0.409 e. The van der Waals surface area contributed by atoms with Crippen LogP contribution in [-0.2, 0) is 6.54 Å². The molecule has 0 saturated carbocycles. The SMILES string of the molecule is Cc1cc(/C(N)=N/O)ccc1CNc1ccccc1F. The molecule has 2 aromatic rings. The van der Waals surface area contributed by atoms with Gasteiger partial charge in [-0.05, 0) is 36.2 Å². The number of anilines is 1. The van der Waals surface area contributed by atoms with Crippen molar-refractivity contribution in [2.75, 3.05) is 5.32 Å². The molecule has 0 fully saturated rings. The third kappa shape index (κ3) is 3.06. The van der Waals surface area contributed by atoms with Gasteiger partial charge in [0.2, 0.25) is 0 Å². The van der Waals surface area contributed by atoms with E-state index in [4.69, 9.17) is 10.9 Å². The maximum Gasteiger partial charge on any atom is 0.170 e. The molecule has 0 amide bonds. The van der Waals surface area contributed by atoms with Crippen LogP contribution in [0.25, 0.3) is 0 Å². The lowest BCUT2D eigenvalue weighted by atomic mass is 10.0. The number of para-hydroxylation sites is 1. The maximum absolute atomic E-state index is 13.5. The monoisotopic (exact) mass is 273 g/mol. The molecule has 104 valence electrons. The Morgan fingerprint density at radius 3 is 2.70 bits per heavy atom. The zero-order valence-electron chi connectivity index (χ0n) is 11.1. The highest BCUT2D eigenvalue weighted by atomic mass is 19.1. The first-order chi connectivity index (χ1) is 9.61. The summed E-state index contributed by atoms with van der Waals surface area (Å²) in [6.07, 6.45) is 0. The summed E-state index contributed by atoms with van der Waals surface area (Å²) in [6.45, 7) is 2.43. The van der Waals surface area contributed by atoms with Crippen molar-refractivity contribution in [2.45, 2.75) is 13.5 Å². The van der Waals surface area contributed by atoms with Gasteiger partial charge in [-0.1, -0.05) is 29.4 Å². The lowest BCUT2D eigenvalue weighted by Crippen LogP contribution is -2.13. The first kappa shape index (κ1) is 13.9. The number of nitrogens with one attached hydrogen (secondary N) is 1. The zero-order chi connectivity index (χ0) is 14.5. The van der Waals surface area contributed by atoms with Crippen LogP contribution in [0.4, 0.5) is 10.1 Å². The summed E-state index contributed by atoms with van der Waals surface area (Å²) in [7, 11) is 0. The van der Waals surface area contributed by atoms with E-state index in [0.717, 1.165) is 11.1 Å². The van der Waals surface area contributed by atoms with Gasteiger partial charge in [-0.25, -0.2) is 4.39 Å². The van der Waals surface area contributed by atoms with Gasteiger partial charge in [-0.15, -0.1) is 0 Å². The molecule has 0 radical (unpaired) electrons.